The zero-order valence-corrected chi connectivity index (χ0v) is 14.9. The molecule has 1 aliphatic rings. The van der Waals surface area contributed by atoms with Crippen molar-refractivity contribution < 1.29 is 4.74 Å². The Labute approximate surface area is 143 Å². The Morgan fingerprint density at radius 1 is 1.17 bits per heavy atom. The molecule has 0 atom stereocenters. The lowest BCUT2D eigenvalue weighted by Gasteiger charge is -2.20. The number of aromatic amines is 1. The molecular formula is C20H28N2O2. The maximum Gasteiger partial charge on any atom is 0.194 e. The van der Waals surface area contributed by atoms with E-state index in [0.717, 1.165) is 54.0 Å². The summed E-state index contributed by atoms with van der Waals surface area (Å²) in [5, 5.41) is 0.735. The summed E-state index contributed by atoms with van der Waals surface area (Å²) in [4.78, 5) is 18.9. The van der Waals surface area contributed by atoms with Crippen LogP contribution in [0.4, 0.5) is 0 Å². The summed E-state index contributed by atoms with van der Waals surface area (Å²) < 4.78 is 5.69. The molecule has 1 aromatic carbocycles. The molecule has 4 nitrogen and oxygen atoms in total. The normalized spacial score (nSPS) is 16.2. The fourth-order valence-corrected chi connectivity index (χ4v) is 3.45. The highest BCUT2D eigenvalue weighted by Gasteiger charge is 2.15. The zero-order valence-electron chi connectivity index (χ0n) is 14.9. The largest absolute Gasteiger partial charge is 0.494 e. The van der Waals surface area contributed by atoms with Crippen LogP contribution in [0.5, 0.6) is 5.75 Å². The van der Waals surface area contributed by atoms with Crippen LogP contribution in [0.2, 0.25) is 0 Å². The minimum Gasteiger partial charge on any atom is -0.494 e. The van der Waals surface area contributed by atoms with Crippen LogP contribution < -0.4 is 10.2 Å². The van der Waals surface area contributed by atoms with Crippen molar-refractivity contribution in [3.05, 3.63) is 39.7 Å². The van der Waals surface area contributed by atoms with Crippen molar-refractivity contribution in [3.8, 4) is 5.75 Å². The van der Waals surface area contributed by atoms with Crippen LogP contribution in [-0.4, -0.2) is 29.6 Å². The van der Waals surface area contributed by atoms with Crippen LogP contribution in [0.1, 0.15) is 50.3 Å². The summed E-state index contributed by atoms with van der Waals surface area (Å²) in [7, 11) is 0. The van der Waals surface area contributed by atoms with Gasteiger partial charge < -0.3 is 9.72 Å². The third kappa shape index (κ3) is 3.81. The van der Waals surface area contributed by atoms with E-state index in [4.69, 9.17) is 4.74 Å². The number of likely N-dealkylation sites (tertiary alicyclic amines) is 1. The van der Waals surface area contributed by atoms with E-state index in [-0.39, 0.29) is 5.43 Å². The first-order valence-corrected chi connectivity index (χ1v) is 9.19. The van der Waals surface area contributed by atoms with E-state index < -0.39 is 0 Å². The van der Waals surface area contributed by atoms with Crippen molar-refractivity contribution in [2.24, 2.45) is 0 Å². The SMILES string of the molecule is CCCOc1ccc2[nH]c(C)c(CN3CCCCCC3)c(=O)c2c1. The second kappa shape index (κ2) is 7.84. The monoisotopic (exact) mass is 328 g/mol. The third-order valence-corrected chi connectivity index (χ3v) is 4.84. The summed E-state index contributed by atoms with van der Waals surface area (Å²) >= 11 is 0. The van der Waals surface area contributed by atoms with Crippen LogP contribution in [0.15, 0.2) is 23.0 Å². The lowest BCUT2D eigenvalue weighted by molar-refractivity contribution is 0.275. The van der Waals surface area contributed by atoms with E-state index in [1.54, 1.807) is 0 Å². The molecule has 1 aromatic heterocycles. The number of nitrogens with one attached hydrogen (secondary N) is 1. The summed E-state index contributed by atoms with van der Waals surface area (Å²) in [6, 6.07) is 5.77. The lowest BCUT2D eigenvalue weighted by Crippen LogP contribution is -2.28. The molecule has 130 valence electrons. The number of benzene rings is 1. The fraction of sp³-hybridized carbons (Fsp3) is 0.550. The summed E-state index contributed by atoms with van der Waals surface area (Å²) in [6.45, 7) is 7.70. The Morgan fingerprint density at radius 2 is 1.92 bits per heavy atom. The first-order chi connectivity index (χ1) is 11.7. The van der Waals surface area contributed by atoms with Crippen molar-refractivity contribution in [1.82, 2.24) is 9.88 Å². The van der Waals surface area contributed by atoms with Crippen LogP contribution in [0.3, 0.4) is 0 Å². The van der Waals surface area contributed by atoms with Gasteiger partial charge in [0.1, 0.15) is 5.75 Å². The van der Waals surface area contributed by atoms with Gasteiger partial charge in [-0.2, -0.15) is 0 Å². The van der Waals surface area contributed by atoms with Gasteiger partial charge in [0.2, 0.25) is 0 Å². The number of nitrogens with zero attached hydrogens (tertiary/aromatic N) is 1. The van der Waals surface area contributed by atoms with Gasteiger partial charge in [-0.3, -0.25) is 9.69 Å². The molecule has 3 rings (SSSR count). The van der Waals surface area contributed by atoms with Gasteiger partial charge in [0, 0.05) is 28.7 Å². The molecule has 0 saturated carbocycles. The first kappa shape index (κ1) is 17.0. The van der Waals surface area contributed by atoms with Gasteiger partial charge in [0.15, 0.2) is 5.43 Å². The molecule has 1 saturated heterocycles. The number of H-pyrrole nitrogens is 1. The molecule has 0 aliphatic carbocycles. The van der Waals surface area contributed by atoms with E-state index in [1.807, 2.05) is 25.1 Å². The smallest absolute Gasteiger partial charge is 0.194 e. The number of hydrogen-bond donors (Lipinski definition) is 1. The van der Waals surface area contributed by atoms with Crippen molar-refractivity contribution in [1.29, 1.82) is 0 Å². The molecular weight excluding hydrogens is 300 g/mol. The molecule has 4 heteroatoms. The Kier molecular flexibility index (Phi) is 5.56. The number of rotatable bonds is 5. The Morgan fingerprint density at radius 3 is 2.62 bits per heavy atom. The Balaban J connectivity index is 1.93. The topological polar surface area (TPSA) is 45.3 Å². The predicted molar refractivity (Wildman–Crippen MR) is 98.8 cm³/mol. The van der Waals surface area contributed by atoms with E-state index in [0.29, 0.717) is 6.61 Å². The average Bonchev–Trinajstić information content (AvgIpc) is 2.85. The van der Waals surface area contributed by atoms with Gasteiger partial charge >= 0.3 is 0 Å². The van der Waals surface area contributed by atoms with Crippen molar-refractivity contribution in [2.75, 3.05) is 19.7 Å². The molecule has 0 unspecified atom stereocenters. The summed E-state index contributed by atoms with van der Waals surface area (Å²) in [6.07, 6.45) is 6.05. The molecule has 2 heterocycles. The second-order valence-corrected chi connectivity index (χ2v) is 6.80. The van der Waals surface area contributed by atoms with Crippen LogP contribution in [0.25, 0.3) is 10.9 Å². The number of hydrogen-bond acceptors (Lipinski definition) is 3. The van der Waals surface area contributed by atoms with Crippen molar-refractivity contribution in [3.63, 3.8) is 0 Å². The standard InChI is InChI=1S/C20H28N2O2/c1-3-12-24-16-8-9-19-17(13-16)20(23)18(15(2)21-19)14-22-10-6-4-5-7-11-22/h8-9,13H,3-7,10-12,14H2,1-2H3,(H,21,23). The summed E-state index contributed by atoms with van der Waals surface area (Å²) in [5.74, 6) is 0.777. The van der Waals surface area contributed by atoms with Crippen LogP contribution in [-0.2, 0) is 6.54 Å². The van der Waals surface area contributed by atoms with Gasteiger partial charge in [0.25, 0.3) is 0 Å². The Hall–Kier alpha value is -1.81. The van der Waals surface area contributed by atoms with Crippen molar-refractivity contribution >= 4 is 10.9 Å². The maximum atomic E-state index is 13.0. The molecule has 2 aromatic rings. The minimum absolute atomic E-state index is 0.146. The van der Waals surface area contributed by atoms with Crippen molar-refractivity contribution in [2.45, 2.75) is 52.5 Å². The van der Waals surface area contributed by atoms with E-state index >= 15 is 0 Å². The first-order valence-electron chi connectivity index (χ1n) is 9.19. The lowest BCUT2D eigenvalue weighted by atomic mass is 10.1. The highest BCUT2D eigenvalue weighted by atomic mass is 16.5. The number of ether oxygens (including phenoxy) is 1. The predicted octanol–water partition coefficient (Wildman–Crippen LogP) is 4.00. The molecule has 1 aliphatic heterocycles. The highest BCUT2D eigenvalue weighted by Crippen LogP contribution is 2.20. The van der Waals surface area contributed by atoms with E-state index in [1.165, 1.54) is 25.7 Å². The quantitative estimate of drug-likeness (QED) is 0.902. The van der Waals surface area contributed by atoms with Gasteiger partial charge in [-0.15, -0.1) is 0 Å². The van der Waals surface area contributed by atoms with Crippen LogP contribution >= 0.6 is 0 Å². The number of aryl methyl sites for hydroxylation is 1. The molecule has 0 radical (unpaired) electrons. The number of fused-ring (bicyclic) bond motifs is 1. The molecule has 1 N–H and O–H groups in total. The molecule has 1 fully saturated rings. The molecule has 0 amide bonds. The summed E-state index contributed by atoms with van der Waals surface area (Å²) in [5.41, 5.74) is 2.92. The number of pyridine rings is 1. The average molecular weight is 328 g/mol. The number of aromatic nitrogens is 1. The van der Waals surface area contributed by atoms with E-state index in [2.05, 4.69) is 16.8 Å². The highest BCUT2D eigenvalue weighted by molar-refractivity contribution is 5.81. The Bertz CT molecular complexity index is 743. The molecule has 0 spiro atoms. The fourth-order valence-electron chi connectivity index (χ4n) is 3.45. The van der Waals surface area contributed by atoms with Crippen LogP contribution in [0, 0.1) is 6.92 Å². The second-order valence-electron chi connectivity index (χ2n) is 6.80. The van der Waals surface area contributed by atoms with Gasteiger partial charge in [0.05, 0.1) is 6.61 Å². The van der Waals surface area contributed by atoms with E-state index in [9.17, 15) is 4.79 Å². The third-order valence-electron chi connectivity index (χ3n) is 4.84. The molecule has 24 heavy (non-hydrogen) atoms. The maximum absolute atomic E-state index is 13.0. The van der Waals surface area contributed by atoms with Gasteiger partial charge in [-0.1, -0.05) is 19.8 Å². The van der Waals surface area contributed by atoms with Gasteiger partial charge in [-0.25, -0.2) is 0 Å². The minimum atomic E-state index is 0.146. The van der Waals surface area contributed by atoms with Gasteiger partial charge in [-0.05, 0) is 57.5 Å². The zero-order chi connectivity index (χ0) is 16.9. The molecule has 0 bridgehead atoms.